The first-order valence-electron chi connectivity index (χ1n) is 7.49. The average molecular weight is 326 g/mol. The highest BCUT2D eigenvalue weighted by molar-refractivity contribution is 5.22. The van der Waals surface area contributed by atoms with E-state index in [0.717, 1.165) is 23.6 Å². The van der Waals surface area contributed by atoms with Crippen molar-refractivity contribution in [3.63, 3.8) is 0 Å². The zero-order valence-electron chi connectivity index (χ0n) is 12.8. The van der Waals surface area contributed by atoms with Crippen LogP contribution in [-0.4, -0.2) is 19.6 Å². The van der Waals surface area contributed by atoms with Crippen molar-refractivity contribution in [3.05, 3.63) is 45.6 Å². The van der Waals surface area contributed by atoms with Gasteiger partial charge in [-0.05, 0) is 38.8 Å². The van der Waals surface area contributed by atoms with Gasteiger partial charge in [-0.15, -0.1) is 0 Å². The van der Waals surface area contributed by atoms with Crippen LogP contribution in [0.25, 0.3) is 0 Å². The van der Waals surface area contributed by atoms with Crippen molar-refractivity contribution in [1.29, 1.82) is 0 Å². The Hall–Kier alpha value is -2.12. The Balaban J connectivity index is 2.00. The van der Waals surface area contributed by atoms with Crippen LogP contribution >= 0.6 is 0 Å². The maximum absolute atomic E-state index is 13.1. The molecule has 0 aromatic carbocycles. The van der Waals surface area contributed by atoms with Crippen LogP contribution in [0, 0.1) is 0 Å². The minimum Gasteiger partial charge on any atom is -0.270 e. The fourth-order valence-electron chi connectivity index (χ4n) is 2.35. The normalized spacial score (nSPS) is 15.4. The summed E-state index contributed by atoms with van der Waals surface area (Å²) in [5, 5.41) is 8.38. The Bertz CT molecular complexity index is 772. The van der Waals surface area contributed by atoms with Crippen molar-refractivity contribution >= 4 is 0 Å². The van der Waals surface area contributed by atoms with Gasteiger partial charge in [0.15, 0.2) is 0 Å². The van der Waals surface area contributed by atoms with Gasteiger partial charge in [0.2, 0.25) is 0 Å². The van der Waals surface area contributed by atoms with Crippen LogP contribution in [0.15, 0.2) is 23.1 Å². The predicted octanol–water partition coefficient (Wildman–Crippen LogP) is 2.97. The monoisotopic (exact) mass is 326 g/mol. The van der Waals surface area contributed by atoms with Crippen LogP contribution in [0.1, 0.15) is 55.6 Å². The summed E-state index contributed by atoms with van der Waals surface area (Å²) < 4.78 is 41.8. The van der Waals surface area contributed by atoms with Gasteiger partial charge in [0.25, 0.3) is 5.56 Å². The first-order valence-corrected chi connectivity index (χ1v) is 7.49. The van der Waals surface area contributed by atoms with Gasteiger partial charge in [-0.1, -0.05) is 0 Å². The van der Waals surface area contributed by atoms with Crippen molar-refractivity contribution in [2.24, 2.45) is 0 Å². The lowest BCUT2D eigenvalue weighted by Gasteiger charge is -2.11. The number of aromatic nitrogens is 4. The number of rotatable bonds is 4. The zero-order chi connectivity index (χ0) is 16.8. The third kappa shape index (κ3) is 3.30. The van der Waals surface area contributed by atoms with E-state index in [-0.39, 0.29) is 18.5 Å². The van der Waals surface area contributed by atoms with E-state index >= 15 is 0 Å². The molecule has 2 aromatic heterocycles. The van der Waals surface area contributed by atoms with Gasteiger partial charge in [-0.3, -0.25) is 9.48 Å². The molecule has 2 aromatic rings. The molecule has 1 aliphatic carbocycles. The molecule has 124 valence electrons. The number of hydrogen-bond donors (Lipinski definition) is 0. The van der Waals surface area contributed by atoms with Gasteiger partial charge in [-0.25, -0.2) is 4.68 Å². The quantitative estimate of drug-likeness (QED) is 0.868. The van der Waals surface area contributed by atoms with E-state index in [2.05, 4.69) is 10.2 Å². The molecule has 0 radical (unpaired) electrons. The molecule has 0 spiro atoms. The second kappa shape index (κ2) is 5.50. The topological polar surface area (TPSA) is 52.7 Å². The fraction of sp³-hybridized carbons (Fsp3) is 0.533. The smallest absolute Gasteiger partial charge is 0.270 e. The minimum absolute atomic E-state index is 0.0242. The van der Waals surface area contributed by atoms with Crippen molar-refractivity contribution in [2.75, 3.05) is 0 Å². The van der Waals surface area contributed by atoms with Crippen LogP contribution in [0.2, 0.25) is 0 Å². The highest BCUT2D eigenvalue weighted by atomic mass is 19.4. The highest BCUT2D eigenvalue weighted by Crippen LogP contribution is 2.40. The average Bonchev–Trinajstić information content (AvgIpc) is 3.19. The summed E-state index contributed by atoms with van der Waals surface area (Å²) >= 11 is 0. The van der Waals surface area contributed by atoms with E-state index in [1.54, 1.807) is 16.9 Å². The molecule has 0 amide bonds. The van der Waals surface area contributed by atoms with Crippen molar-refractivity contribution < 1.29 is 13.2 Å². The van der Waals surface area contributed by atoms with E-state index in [0.29, 0.717) is 11.4 Å². The lowest BCUT2D eigenvalue weighted by atomic mass is 10.2. The standard InChI is InChI=1S/C15H17F3N4O/c1-9(2)21-6-5-11(19-21)8-22-14(23)12(15(16,17)18)7-13(20-22)10-3-4-10/h5-7,9-10H,3-4,8H2,1-2H3. The summed E-state index contributed by atoms with van der Waals surface area (Å²) in [5.41, 5.74) is -1.44. The summed E-state index contributed by atoms with van der Waals surface area (Å²) in [6, 6.07) is 2.71. The van der Waals surface area contributed by atoms with Crippen LogP contribution < -0.4 is 5.56 Å². The SMILES string of the molecule is CC(C)n1ccc(Cn2nc(C3CC3)cc(C(F)(F)F)c2=O)n1. The van der Waals surface area contributed by atoms with E-state index in [9.17, 15) is 18.0 Å². The molecule has 5 nitrogen and oxygen atoms in total. The third-order valence-electron chi connectivity index (χ3n) is 3.80. The molecule has 0 bridgehead atoms. The Morgan fingerprint density at radius 3 is 2.52 bits per heavy atom. The molecular weight excluding hydrogens is 309 g/mol. The molecule has 0 unspecified atom stereocenters. The van der Waals surface area contributed by atoms with E-state index in [4.69, 9.17) is 0 Å². The predicted molar refractivity (Wildman–Crippen MR) is 77.2 cm³/mol. The van der Waals surface area contributed by atoms with Crippen LogP contribution in [0.3, 0.4) is 0 Å². The van der Waals surface area contributed by atoms with Gasteiger partial charge in [-0.2, -0.15) is 23.4 Å². The second-order valence-electron chi connectivity index (χ2n) is 6.10. The van der Waals surface area contributed by atoms with E-state index in [1.807, 2.05) is 13.8 Å². The molecule has 0 saturated heterocycles. The van der Waals surface area contributed by atoms with Crippen LogP contribution in [0.5, 0.6) is 0 Å². The van der Waals surface area contributed by atoms with Gasteiger partial charge in [0, 0.05) is 18.2 Å². The molecule has 1 fully saturated rings. The molecule has 3 rings (SSSR count). The Labute approximate surface area is 130 Å². The molecule has 23 heavy (non-hydrogen) atoms. The molecule has 0 atom stereocenters. The third-order valence-corrected chi connectivity index (χ3v) is 3.80. The number of hydrogen-bond acceptors (Lipinski definition) is 3. The van der Waals surface area contributed by atoms with Crippen molar-refractivity contribution in [1.82, 2.24) is 19.6 Å². The van der Waals surface area contributed by atoms with E-state index in [1.165, 1.54) is 0 Å². The maximum Gasteiger partial charge on any atom is 0.421 e. The largest absolute Gasteiger partial charge is 0.421 e. The maximum atomic E-state index is 13.1. The molecular formula is C15H17F3N4O. The van der Waals surface area contributed by atoms with E-state index < -0.39 is 17.3 Å². The molecule has 2 heterocycles. The molecule has 0 N–H and O–H groups in total. The number of alkyl halides is 3. The Morgan fingerprint density at radius 2 is 2.00 bits per heavy atom. The zero-order valence-corrected chi connectivity index (χ0v) is 12.8. The van der Waals surface area contributed by atoms with Gasteiger partial charge >= 0.3 is 6.18 Å². The summed E-state index contributed by atoms with van der Waals surface area (Å²) in [6.07, 6.45) is -1.32. The minimum atomic E-state index is -4.68. The second-order valence-corrected chi connectivity index (χ2v) is 6.10. The summed E-state index contributed by atoms with van der Waals surface area (Å²) in [7, 11) is 0. The molecule has 8 heteroatoms. The summed E-state index contributed by atoms with van der Waals surface area (Å²) in [6.45, 7) is 3.82. The van der Waals surface area contributed by atoms with Crippen molar-refractivity contribution in [3.8, 4) is 0 Å². The molecule has 1 aliphatic rings. The van der Waals surface area contributed by atoms with Gasteiger partial charge in [0.05, 0.1) is 17.9 Å². The number of halogens is 3. The lowest BCUT2D eigenvalue weighted by molar-refractivity contribution is -0.139. The summed E-state index contributed by atoms with van der Waals surface area (Å²) in [4.78, 5) is 12.1. The summed E-state index contributed by atoms with van der Waals surface area (Å²) in [5.74, 6) is 0.0242. The highest BCUT2D eigenvalue weighted by Gasteiger charge is 2.37. The van der Waals surface area contributed by atoms with Gasteiger partial charge in [0.1, 0.15) is 5.56 Å². The molecule has 1 saturated carbocycles. The first kappa shape index (κ1) is 15.8. The van der Waals surface area contributed by atoms with Crippen LogP contribution in [-0.2, 0) is 12.7 Å². The fourth-order valence-corrected chi connectivity index (χ4v) is 2.35. The lowest BCUT2D eigenvalue weighted by Crippen LogP contribution is -2.32. The molecule has 0 aliphatic heterocycles. The Morgan fingerprint density at radius 1 is 1.30 bits per heavy atom. The first-order chi connectivity index (χ1) is 10.8. The number of nitrogens with zero attached hydrogens (tertiary/aromatic N) is 4. The van der Waals surface area contributed by atoms with Gasteiger partial charge < -0.3 is 0 Å². The Kier molecular flexibility index (Phi) is 3.77. The van der Waals surface area contributed by atoms with Crippen LogP contribution in [0.4, 0.5) is 13.2 Å². The van der Waals surface area contributed by atoms with Crippen molar-refractivity contribution in [2.45, 2.75) is 51.4 Å².